The van der Waals surface area contributed by atoms with Crippen molar-refractivity contribution in [3.05, 3.63) is 40.4 Å². The van der Waals surface area contributed by atoms with Crippen LogP contribution in [0.1, 0.15) is 46.6 Å². The molecule has 1 aliphatic carbocycles. The lowest BCUT2D eigenvalue weighted by Gasteiger charge is -2.31. The van der Waals surface area contributed by atoms with Crippen LogP contribution in [-0.4, -0.2) is 29.1 Å². The Bertz CT molecular complexity index is 693. The smallest absolute Gasteiger partial charge is 0.264 e. The number of methoxy groups -OCH3 is 1. The first-order valence-electron chi connectivity index (χ1n) is 7.87. The Morgan fingerprint density at radius 3 is 2.74 bits per heavy atom. The fourth-order valence-electron chi connectivity index (χ4n) is 3.45. The first-order chi connectivity index (χ1) is 11.2. The van der Waals surface area contributed by atoms with Gasteiger partial charge in [0.1, 0.15) is 10.6 Å². The summed E-state index contributed by atoms with van der Waals surface area (Å²) >= 11 is 1.14. The molecule has 1 heterocycles. The second kappa shape index (κ2) is 6.66. The molecule has 0 saturated heterocycles. The molecule has 1 aromatic heterocycles. The maximum atomic E-state index is 12.4. The van der Waals surface area contributed by atoms with E-state index >= 15 is 0 Å². The van der Waals surface area contributed by atoms with Gasteiger partial charge in [-0.15, -0.1) is 5.10 Å². The Kier molecular flexibility index (Phi) is 4.61. The van der Waals surface area contributed by atoms with E-state index in [1.165, 1.54) is 18.4 Å². The van der Waals surface area contributed by atoms with Crippen LogP contribution in [0, 0.1) is 6.92 Å². The zero-order valence-electron chi connectivity index (χ0n) is 13.5. The second-order valence-corrected chi connectivity index (χ2v) is 6.81. The number of hydrogen-bond acceptors (Lipinski definition) is 5. The largest absolute Gasteiger partial charge is 0.496 e. The van der Waals surface area contributed by atoms with E-state index in [1.807, 2.05) is 25.1 Å². The molecule has 1 fully saturated rings. The lowest BCUT2D eigenvalue weighted by atomic mass is 9.78. The molecule has 0 unspecified atom stereocenters. The predicted molar refractivity (Wildman–Crippen MR) is 90.1 cm³/mol. The third-order valence-corrected chi connectivity index (χ3v) is 5.51. The van der Waals surface area contributed by atoms with Crippen LogP contribution in [0.4, 0.5) is 0 Å². The highest BCUT2D eigenvalue weighted by Gasteiger charge is 2.38. The van der Waals surface area contributed by atoms with Gasteiger partial charge >= 0.3 is 0 Å². The number of para-hydroxylation sites is 1. The van der Waals surface area contributed by atoms with Crippen LogP contribution in [-0.2, 0) is 5.41 Å². The number of nitrogens with one attached hydrogen (secondary N) is 1. The van der Waals surface area contributed by atoms with Crippen molar-refractivity contribution in [2.75, 3.05) is 13.7 Å². The predicted octanol–water partition coefficient (Wildman–Crippen LogP) is 3.10. The van der Waals surface area contributed by atoms with E-state index in [0.29, 0.717) is 17.1 Å². The van der Waals surface area contributed by atoms with Crippen LogP contribution in [0.3, 0.4) is 0 Å². The highest BCUT2D eigenvalue weighted by Crippen LogP contribution is 2.44. The summed E-state index contributed by atoms with van der Waals surface area (Å²) in [5, 5.41) is 7.00. The van der Waals surface area contributed by atoms with Gasteiger partial charge in [0.2, 0.25) is 0 Å². The Labute approximate surface area is 140 Å². The Morgan fingerprint density at radius 1 is 1.35 bits per heavy atom. The normalized spacial score (nSPS) is 16.3. The molecule has 1 saturated carbocycles. The van der Waals surface area contributed by atoms with E-state index < -0.39 is 0 Å². The van der Waals surface area contributed by atoms with Crippen LogP contribution >= 0.6 is 11.5 Å². The molecule has 23 heavy (non-hydrogen) atoms. The molecule has 0 radical (unpaired) electrons. The minimum Gasteiger partial charge on any atom is -0.496 e. The topological polar surface area (TPSA) is 64.1 Å². The summed E-state index contributed by atoms with van der Waals surface area (Å²) in [5.74, 6) is 0.818. The molecule has 0 spiro atoms. The monoisotopic (exact) mass is 331 g/mol. The number of carbonyl (C=O) groups is 1. The molecule has 3 rings (SSSR count). The van der Waals surface area contributed by atoms with E-state index in [0.717, 1.165) is 30.1 Å². The van der Waals surface area contributed by atoms with Crippen LogP contribution in [0.15, 0.2) is 24.3 Å². The van der Waals surface area contributed by atoms with Crippen molar-refractivity contribution in [2.45, 2.75) is 38.0 Å². The third-order valence-electron chi connectivity index (χ3n) is 4.68. The molecular weight excluding hydrogens is 310 g/mol. The van der Waals surface area contributed by atoms with Crippen molar-refractivity contribution in [1.29, 1.82) is 0 Å². The van der Waals surface area contributed by atoms with Crippen molar-refractivity contribution in [3.8, 4) is 5.75 Å². The fraction of sp³-hybridized carbons (Fsp3) is 0.471. The highest BCUT2D eigenvalue weighted by atomic mass is 32.1. The first kappa shape index (κ1) is 15.9. The third kappa shape index (κ3) is 3.08. The van der Waals surface area contributed by atoms with Crippen LogP contribution in [0.2, 0.25) is 0 Å². The summed E-state index contributed by atoms with van der Waals surface area (Å²) in [7, 11) is 1.70. The zero-order chi connectivity index (χ0) is 16.3. The molecule has 122 valence electrons. The Hall–Kier alpha value is -1.95. The van der Waals surface area contributed by atoms with Crippen molar-refractivity contribution in [3.63, 3.8) is 0 Å². The summed E-state index contributed by atoms with van der Waals surface area (Å²) < 4.78 is 9.39. The second-order valence-electron chi connectivity index (χ2n) is 6.06. The van der Waals surface area contributed by atoms with Crippen LogP contribution in [0.25, 0.3) is 0 Å². The number of aryl methyl sites for hydroxylation is 1. The molecule has 0 bridgehead atoms. The number of benzene rings is 1. The minimum absolute atomic E-state index is 0.0473. The standard InChI is InChI=1S/C17H21N3O2S/c1-12-15(23-20-19-12)16(21)18-11-17(9-5-6-10-17)13-7-3-4-8-14(13)22-2/h3-4,7-8H,5-6,9-11H2,1-2H3,(H,18,21). The van der Waals surface area contributed by atoms with E-state index in [-0.39, 0.29) is 11.3 Å². The quantitative estimate of drug-likeness (QED) is 0.914. The van der Waals surface area contributed by atoms with E-state index in [9.17, 15) is 4.79 Å². The maximum Gasteiger partial charge on any atom is 0.264 e. The van der Waals surface area contributed by atoms with E-state index in [4.69, 9.17) is 4.74 Å². The van der Waals surface area contributed by atoms with Gasteiger partial charge in [-0.2, -0.15) is 0 Å². The SMILES string of the molecule is COc1ccccc1C1(CNC(=O)c2snnc2C)CCCC1. The number of ether oxygens (including phenoxy) is 1. The van der Waals surface area contributed by atoms with Gasteiger partial charge in [0.15, 0.2) is 0 Å². The summed E-state index contributed by atoms with van der Waals surface area (Å²) in [6.07, 6.45) is 4.48. The molecule has 0 atom stereocenters. The van der Waals surface area contributed by atoms with Crippen molar-refractivity contribution >= 4 is 17.4 Å². The summed E-state index contributed by atoms with van der Waals surface area (Å²) in [6.45, 7) is 2.42. The number of aromatic nitrogens is 2. The maximum absolute atomic E-state index is 12.4. The molecule has 1 aliphatic rings. The van der Waals surface area contributed by atoms with Crippen molar-refractivity contribution in [1.82, 2.24) is 14.9 Å². The minimum atomic E-state index is -0.0846. The Balaban J connectivity index is 1.82. The van der Waals surface area contributed by atoms with E-state index in [1.54, 1.807) is 7.11 Å². The van der Waals surface area contributed by atoms with Crippen molar-refractivity contribution < 1.29 is 9.53 Å². The first-order valence-corrected chi connectivity index (χ1v) is 8.64. The lowest BCUT2D eigenvalue weighted by molar-refractivity contribution is 0.0946. The average molecular weight is 331 g/mol. The lowest BCUT2D eigenvalue weighted by Crippen LogP contribution is -2.39. The van der Waals surface area contributed by atoms with Gasteiger partial charge < -0.3 is 10.1 Å². The van der Waals surface area contributed by atoms with Crippen LogP contribution in [0.5, 0.6) is 5.75 Å². The molecule has 1 N–H and O–H groups in total. The molecular formula is C17H21N3O2S. The molecule has 6 heteroatoms. The van der Waals surface area contributed by atoms with Gasteiger partial charge in [-0.25, -0.2) is 0 Å². The average Bonchev–Trinajstić information content (AvgIpc) is 3.22. The summed E-state index contributed by atoms with van der Waals surface area (Å²) in [5.41, 5.74) is 1.83. The number of hydrogen-bond donors (Lipinski definition) is 1. The van der Waals surface area contributed by atoms with Gasteiger partial charge in [0.05, 0.1) is 12.8 Å². The van der Waals surface area contributed by atoms with Gasteiger partial charge in [0.25, 0.3) is 5.91 Å². The molecule has 1 aromatic carbocycles. The molecule has 2 aromatic rings. The Morgan fingerprint density at radius 2 is 2.09 bits per heavy atom. The van der Waals surface area contributed by atoms with Crippen molar-refractivity contribution in [2.24, 2.45) is 0 Å². The summed E-state index contributed by atoms with van der Waals surface area (Å²) in [4.78, 5) is 13.0. The zero-order valence-corrected chi connectivity index (χ0v) is 14.3. The fourth-order valence-corrected chi connectivity index (χ4v) is 4.02. The number of amides is 1. The molecule has 0 aliphatic heterocycles. The highest BCUT2D eigenvalue weighted by molar-refractivity contribution is 7.07. The number of nitrogens with zero attached hydrogens (tertiary/aromatic N) is 2. The number of rotatable bonds is 5. The van der Waals surface area contributed by atoms with Gasteiger partial charge in [-0.05, 0) is 37.4 Å². The number of carbonyl (C=O) groups excluding carboxylic acids is 1. The van der Waals surface area contributed by atoms with Gasteiger partial charge in [-0.1, -0.05) is 35.5 Å². The van der Waals surface area contributed by atoms with Crippen LogP contribution < -0.4 is 10.1 Å². The van der Waals surface area contributed by atoms with Gasteiger partial charge in [0, 0.05) is 17.5 Å². The molecule has 5 nitrogen and oxygen atoms in total. The summed E-state index contributed by atoms with van der Waals surface area (Å²) in [6, 6.07) is 8.14. The molecule has 1 amide bonds. The van der Waals surface area contributed by atoms with Gasteiger partial charge in [-0.3, -0.25) is 4.79 Å². The van der Waals surface area contributed by atoms with E-state index in [2.05, 4.69) is 21.0 Å².